The molecule has 3 rings (SSSR count). The summed E-state index contributed by atoms with van der Waals surface area (Å²) in [6, 6.07) is 0.298. The molecule has 2 amide bonds. The lowest BCUT2D eigenvalue weighted by Crippen LogP contribution is -2.53. The van der Waals surface area contributed by atoms with Crippen molar-refractivity contribution in [2.24, 2.45) is 5.92 Å². The van der Waals surface area contributed by atoms with Crippen molar-refractivity contribution in [3.8, 4) is 0 Å². The number of nitrogens with one attached hydrogen (secondary N) is 2. The second-order valence-electron chi connectivity index (χ2n) is 7.33. The molecule has 2 aliphatic heterocycles. The van der Waals surface area contributed by atoms with Crippen LogP contribution in [0.3, 0.4) is 0 Å². The summed E-state index contributed by atoms with van der Waals surface area (Å²) < 4.78 is 11.0. The number of hydrogen-bond acceptors (Lipinski definition) is 4. The molecule has 0 saturated carbocycles. The molecular weight excluding hydrogens is 318 g/mol. The van der Waals surface area contributed by atoms with Gasteiger partial charge in [-0.2, -0.15) is 0 Å². The van der Waals surface area contributed by atoms with Crippen LogP contribution < -0.4 is 10.6 Å². The first kappa shape index (κ1) is 18.7. The third-order valence-electron chi connectivity index (χ3n) is 5.61. The maximum absolute atomic E-state index is 12.2. The van der Waals surface area contributed by atoms with E-state index in [0.29, 0.717) is 18.5 Å². The Kier molecular flexibility index (Phi) is 7.57. The molecule has 1 aliphatic carbocycles. The van der Waals surface area contributed by atoms with E-state index >= 15 is 0 Å². The first-order chi connectivity index (χ1) is 12.3. The highest BCUT2D eigenvalue weighted by molar-refractivity contribution is 5.73. The average molecular weight is 351 g/mol. The first-order valence-corrected chi connectivity index (χ1v) is 9.92. The van der Waals surface area contributed by atoms with Crippen LogP contribution in [-0.4, -0.2) is 69.6 Å². The zero-order valence-corrected chi connectivity index (χ0v) is 15.3. The molecule has 0 bridgehead atoms. The number of nitrogens with zero attached hydrogens (tertiary/aromatic N) is 1. The largest absolute Gasteiger partial charge is 0.381 e. The van der Waals surface area contributed by atoms with Crippen molar-refractivity contribution in [2.75, 3.05) is 52.6 Å². The minimum atomic E-state index is -0.0476. The molecule has 6 heteroatoms. The van der Waals surface area contributed by atoms with Crippen LogP contribution in [0.2, 0.25) is 0 Å². The van der Waals surface area contributed by atoms with Crippen LogP contribution >= 0.6 is 0 Å². The van der Waals surface area contributed by atoms with Gasteiger partial charge in [-0.15, -0.1) is 0 Å². The van der Waals surface area contributed by atoms with Gasteiger partial charge in [0, 0.05) is 44.7 Å². The Hall–Kier alpha value is -1.11. The molecular formula is C19H33N3O3. The Bertz CT molecular complexity index is 443. The number of carbonyl (C=O) groups is 1. The van der Waals surface area contributed by atoms with Crippen molar-refractivity contribution in [1.82, 2.24) is 15.5 Å². The van der Waals surface area contributed by atoms with Crippen LogP contribution in [0.5, 0.6) is 0 Å². The molecule has 25 heavy (non-hydrogen) atoms. The number of ether oxygens (including phenoxy) is 2. The summed E-state index contributed by atoms with van der Waals surface area (Å²) in [6.07, 6.45) is 9.41. The molecule has 142 valence electrons. The lowest BCUT2D eigenvalue weighted by molar-refractivity contribution is 0.00213. The van der Waals surface area contributed by atoms with Gasteiger partial charge in [0.1, 0.15) is 0 Å². The van der Waals surface area contributed by atoms with E-state index in [4.69, 9.17) is 9.47 Å². The Morgan fingerprint density at radius 2 is 2.08 bits per heavy atom. The summed E-state index contributed by atoms with van der Waals surface area (Å²) >= 11 is 0. The Morgan fingerprint density at radius 1 is 1.20 bits per heavy atom. The maximum Gasteiger partial charge on any atom is 0.314 e. The SMILES string of the molecule is O=C(NCCC1=CCCCC1)NCC(C1CCOC1)N1CCOCC1. The molecule has 0 spiro atoms. The van der Waals surface area contributed by atoms with E-state index in [1.54, 1.807) is 0 Å². The van der Waals surface area contributed by atoms with Gasteiger partial charge in [0.15, 0.2) is 0 Å². The number of allylic oxidation sites excluding steroid dienone is 1. The Labute approximate surface area is 151 Å². The number of hydrogen-bond donors (Lipinski definition) is 2. The normalized spacial score (nSPS) is 26.1. The predicted octanol–water partition coefficient (Wildman–Crippen LogP) is 1.91. The van der Waals surface area contributed by atoms with Crippen molar-refractivity contribution < 1.29 is 14.3 Å². The van der Waals surface area contributed by atoms with E-state index in [-0.39, 0.29) is 6.03 Å². The number of morpholine rings is 1. The molecule has 2 saturated heterocycles. The van der Waals surface area contributed by atoms with Crippen molar-refractivity contribution in [2.45, 2.75) is 44.6 Å². The van der Waals surface area contributed by atoms with Gasteiger partial charge in [0.05, 0.1) is 19.8 Å². The summed E-state index contributed by atoms with van der Waals surface area (Å²) in [4.78, 5) is 14.6. The quantitative estimate of drug-likeness (QED) is 0.688. The fraction of sp³-hybridized carbons (Fsp3) is 0.842. The van der Waals surface area contributed by atoms with E-state index < -0.39 is 0 Å². The van der Waals surface area contributed by atoms with E-state index in [9.17, 15) is 4.79 Å². The van der Waals surface area contributed by atoms with Crippen molar-refractivity contribution in [3.63, 3.8) is 0 Å². The fourth-order valence-electron chi connectivity index (χ4n) is 4.09. The van der Waals surface area contributed by atoms with Gasteiger partial charge >= 0.3 is 6.03 Å². The second-order valence-corrected chi connectivity index (χ2v) is 7.33. The smallest absolute Gasteiger partial charge is 0.314 e. The summed E-state index contributed by atoms with van der Waals surface area (Å²) in [5.74, 6) is 0.505. The van der Waals surface area contributed by atoms with Gasteiger partial charge < -0.3 is 20.1 Å². The first-order valence-electron chi connectivity index (χ1n) is 9.92. The third-order valence-corrected chi connectivity index (χ3v) is 5.61. The molecule has 0 aromatic carbocycles. The lowest BCUT2D eigenvalue weighted by atomic mass is 9.97. The maximum atomic E-state index is 12.2. The summed E-state index contributed by atoms with van der Waals surface area (Å²) in [5.41, 5.74) is 1.50. The van der Waals surface area contributed by atoms with Gasteiger partial charge in [0.25, 0.3) is 0 Å². The Morgan fingerprint density at radius 3 is 2.80 bits per heavy atom. The van der Waals surface area contributed by atoms with Gasteiger partial charge in [-0.3, -0.25) is 4.90 Å². The molecule has 2 heterocycles. The standard InChI is InChI=1S/C19H33N3O3/c23-19(20-8-6-16-4-2-1-3-5-16)21-14-18(17-7-11-25-15-17)22-9-12-24-13-10-22/h4,17-18H,1-3,5-15H2,(H2,20,21,23). The molecule has 2 N–H and O–H groups in total. The molecule has 0 radical (unpaired) electrons. The van der Waals surface area contributed by atoms with Crippen molar-refractivity contribution in [1.29, 1.82) is 0 Å². The number of urea groups is 1. The topological polar surface area (TPSA) is 62.8 Å². The van der Waals surface area contributed by atoms with Crippen molar-refractivity contribution >= 4 is 6.03 Å². The molecule has 0 aromatic rings. The van der Waals surface area contributed by atoms with Gasteiger partial charge in [-0.25, -0.2) is 4.79 Å². The van der Waals surface area contributed by atoms with Crippen LogP contribution in [0.1, 0.15) is 38.5 Å². The Balaban J connectivity index is 1.40. The third kappa shape index (κ3) is 5.97. The minimum absolute atomic E-state index is 0.0476. The van der Waals surface area contributed by atoms with Crippen LogP contribution in [0, 0.1) is 5.92 Å². The fourth-order valence-corrected chi connectivity index (χ4v) is 4.09. The summed E-state index contributed by atoms with van der Waals surface area (Å²) in [7, 11) is 0. The summed E-state index contributed by atoms with van der Waals surface area (Å²) in [6.45, 7) is 6.51. The highest BCUT2D eigenvalue weighted by atomic mass is 16.5. The van der Waals surface area contributed by atoms with E-state index in [1.165, 1.54) is 31.3 Å². The monoisotopic (exact) mass is 351 g/mol. The zero-order valence-electron chi connectivity index (χ0n) is 15.3. The zero-order chi connectivity index (χ0) is 17.3. The molecule has 2 fully saturated rings. The average Bonchev–Trinajstić information content (AvgIpc) is 3.18. The van der Waals surface area contributed by atoms with Gasteiger partial charge in [0.2, 0.25) is 0 Å². The molecule has 2 unspecified atom stereocenters. The highest BCUT2D eigenvalue weighted by Crippen LogP contribution is 2.22. The predicted molar refractivity (Wildman–Crippen MR) is 97.7 cm³/mol. The van der Waals surface area contributed by atoms with Crippen LogP contribution in [0.15, 0.2) is 11.6 Å². The number of rotatable bonds is 7. The van der Waals surface area contributed by atoms with E-state index in [1.807, 2.05) is 0 Å². The van der Waals surface area contributed by atoms with E-state index in [0.717, 1.165) is 58.9 Å². The summed E-state index contributed by atoms with van der Waals surface area (Å²) in [5, 5.41) is 6.10. The molecule has 6 nitrogen and oxygen atoms in total. The van der Waals surface area contributed by atoms with Gasteiger partial charge in [-0.05, 0) is 38.5 Å². The minimum Gasteiger partial charge on any atom is -0.381 e. The van der Waals surface area contributed by atoms with E-state index in [2.05, 4.69) is 21.6 Å². The number of amides is 2. The molecule has 0 aromatic heterocycles. The second kappa shape index (κ2) is 10.1. The van der Waals surface area contributed by atoms with Crippen LogP contribution in [0.25, 0.3) is 0 Å². The molecule has 2 atom stereocenters. The highest BCUT2D eigenvalue weighted by Gasteiger charge is 2.31. The molecule has 3 aliphatic rings. The van der Waals surface area contributed by atoms with Crippen LogP contribution in [-0.2, 0) is 9.47 Å². The lowest BCUT2D eigenvalue weighted by Gasteiger charge is -2.37. The van der Waals surface area contributed by atoms with Gasteiger partial charge in [-0.1, -0.05) is 11.6 Å². The van der Waals surface area contributed by atoms with Crippen molar-refractivity contribution in [3.05, 3.63) is 11.6 Å². The van der Waals surface area contributed by atoms with Crippen LogP contribution in [0.4, 0.5) is 4.79 Å². The number of carbonyl (C=O) groups excluding carboxylic acids is 1.